The second-order valence-corrected chi connectivity index (χ2v) is 5.13. The number of anilines is 2. The van der Waals surface area contributed by atoms with Gasteiger partial charge in [0.05, 0.1) is 11.4 Å². The number of nitrogens with zero attached hydrogens (tertiary/aromatic N) is 1. The number of hydrogen-bond donors (Lipinski definition) is 3. The fraction of sp³-hybridized carbons (Fsp3) is 0.200. The van der Waals surface area contributed by atoms with E-state index in [0.29, 0.717) is 17.1 Å². The lowest BCUT2D eigenvalue weighted by molar-refractivity contribution is 0.400. The number of rotatable bonds is 4. The molecule has 3 N–H and O–H groups in total. The van der Waals surface area contributed by atoms with Crippen molar-refractivity contribution in [2.45, 2.75) is 6.54 Å². The van der Waals surface area contributed by atoms with E-state index in [-0.39, 0.29) is 11.5 Å². The van der Waals surface area contributed by atoms with Gasteiger partial charge < -0.3 is 20.4 Å². The zero-order valence-electron chi connectivity index (χ0n) is 11.4. The number of halogens is 1. The molecule has 0 bridgehead atoms. The summed E-state index contributed by atoms with van der Waals surface area (Å²) in [6, 6.07) is 10.5. The maximum atomic E-state index is 9.78. The van der Waals surface area contributed by atoms with E-state index in [1.807, 2.05) is 37.2 Å². The number of nitrogens with one attached hydrogen (secondary N) is 1. The average molecular weight is 293 g/mol. The minimum absolute atomic E-state index is 0.103. The Bertz CT molecular complexity index is 615. The Morgan fingerprint density at radius 3 is 2.60 bits per heavy atom. The summed E-state index contributed by atoms with van der Waals surface area (Å²) in [6.07, 6.45) is 0. The van der Waals surface area contributed by atoms with E-state index in [0.717, 1.165) is 11.4 Å². The quantitative estimate of drug-likeness (QED) is 0.756. The van der Waals surface area contributed by atoms with Gasteiger partial charge in [-0.3, -0.25) is 0 Å². The van der Waals surface area contributed by atoms with Crippen molar-refractivity contribution in [2.24, 2.45) is 0 Å². The van der Waals surface area contributed by atoms with Crippen molar-refractivity contribution >= 4 is 23.0 Å². The van der Waals surface area contributed by atoms with Gasteiger partial charge in [0.2, 0.25) is 0 Å². The third-order valence-electron chi connectivity index (χ3n) is 3.01. The molecule has 0 aliphatic carbocycles. The van der Waals surface area contributed by atoms with Crippen LogP contribution in [0.4, 0.5) is 11.4 Å². The van der Waals surface area contributed by atoms with Crippen molar-refractivity contribution < 1.29 is 10.2 Å². The van der Waals surface area contributed by atoms with Crippen molar-refractivity contribution in [3.05, 3.63) is 47.0 Å². The van der Waals surface area contributed by atoms with Crippen LogP contribution in [0.15, 0.2) is 36.4 Å². The van der Waals surface area contributed by atoms with Crippen LogP contribution in [0.25, 0.3) is 0 Å². The van der Waals surface area contributed by atoms with Gasteiger partial charge in [0.25, 0.3) is 0 Å². The van der Waals surface area contributed by atoms with Crippen LogP contribution in [0.3, 0.4) is 0 Å². The summed E-state index contributed by atoms with van der Waals surface area (Å²) in [6.45, 7) is 0.390. The molecule has 0 saturated heterocycles. The molecule has 106 valence electrons. The first-order valence-electron chi connectivity index (χ1n) is 6.19. The number of aromatic hydroxyl groups is 2. The molecule has 2 rings (SSSR count). The summed E-state index contributed by atoms with van der Waals surface area (Å²) in [5.41, 5.74) is 2.48. The molecule has 0 unspecified atom stereocenters. The molecular weight excluding hydrogens is 276 g/mol. The Labute approximate surface area is 123 Å². The van der Waals surface area contributed by atoms with Crippen LogP contribution in [0.2, 0.25) is 5.02 Å². The zero-order valence-corrected chi connectivity index (χ0v) is 12.1. The minimum Gasteiger partial charge on any atom is -0.504 e. The van der Waals surface area contributed by atoms with Crippen LogP contribution in [-0.2, 0) is 6.54 Å². The Morgan fingerprint density at radius 2 is 1.90 bits per heavy atom. The maximum absolute atomic E-state index is 9.78. The molecule has 0 aromatic heterocycles. The second-order valence-electron chi connectivity index (χ2n) is 4.69. The molecule has 0 saturated carbocycles. The highest BCUT2D eigenvalue weighted by Gasteiger charge is 2.08. The molecule has 0 aliphatic rings. The predicted octanol–water partition coefficient (Wildman–Crippen LogP) is 3.43. The highest BCUT2D eigenvalue weighted by molar-refractivity contribution is 6.31. The van der Waals surface area contributed by atoms with Gasteiger partial charge in [0.1, 0.15) is 0 Å². The Balaban J connectivity index is 2.22. The molecule has 2 aromatic carbocycles. The van der Waals surface area contributed by atoms with Crippen molar-refractivity contribution in [3.8, 4) is 11.5 Å². The molecule has 0 amide bonds. The Morgan fingerprint density at radius 1 is 1.15 bits per heavy atom. The van der Waals surface area contributed by atoms with E-state index in [1.165, 1.54) is 6.07 Å². The first kappa shape index (κ1) is 14.3. The molecule has 0 heterocycles. The maximum Gasteiger partial charge on any atom is 0.162 e. The Kier molecular flexibility index (Phi) is 4.25. The molecule has 0 aliphatic heterocycles. The lowest BCUT2D eigenvalue weighted by Crippen LogP contribution is -2.12. The number of phenols is 2. The van der Waals surface area contributed by atoms with Crippen LogP contribution in [0, 0.1) is 0 Å². The van der Waals surface area contributed by atoms with Crippen LogP contribution in [0.5, 0.6) is 11.5 Å². The van der Waals surface area contributed by atoms with Crippen molar-refractivity contribution in [1.29, 1.82) is 0 Å². The molecule has 0 fully saturated rings. The van der Waals surface area contributed by atoms with Gasteiger partial charge in [0, 0.05) is 31.2 Å². The summed E-state index contributed by atoms with van der Waals surface area (Å²) in [5.74, 6) is -0.225. The van der Waals surface area contributed by atoms with E-state index < -0.39 is 0 Å². The van der Waals surface area contributed by atoms with Gasteiger partial charge >= 0.3 is 0 Å². The highest BCUT2D eigenvalue weighted by Crippen LogP contribution is 2.31. The molecule has 20 heavy (non-hydrogen) atoms. The molecule has 0 spiro atoms. The van der Waals surface area contributed by atoms with Gasteiger partial charge in [0.15, 0.2) is 11.5 Å². The van der Waals surface area contributed by atoms with Crippen molar-refractivity contribution in [2.75, 3.05) is 24.3 Å². The fourth-order valence-corrected chi connectivity index (χ4v) is 2.12. The summed E-state index contributed by atoms with van der Waals surface area (Å²) < 4.78 is 0. The first-order chi connectivity index (χ1) is 9.49. The van der Waals surface area contributed by atoms with Gasteiger partial charge in [-0.25, -0.2) is 0 Å². The monoisotopic (exact) mass is 292 g/mol. The van der Waals surface area contributed by atoms with E-state index in [4.69, 9.17) is 11.6 Å². The van der Waals surface area contributed by atoms with Gasteiger partial charge in [-0.2, -0.15) is 0 Å². The minimum atomic E-state index is -0.122. The van der Waals surface area contributed by atoms with Gasteiger partial charge in [-0.1, -0.05) is 23.7 Å². The SMILES string of the molecule is CN(C)c1ccc(Cl)cc1NCc1cccc(O)c1O. The number of phenolic OH excluding ortho intramolecular Hbond substituents is 2. The molecule has 4 nitrogen and oxygen atoms in total. The lowest BCUT2D eigenvalue weighted by Gasteiger charge is -2.19. The largest absolute Gasteiger partial charge is 0.504 e. The molecular formula is C15H17ClN2O2. The zero-order chi connectivity index (χ0) is 14.7. The van der Waals surface area contributed by atoms with E-state index in [2.05, 4.69) is 5.32 Å². The second kappa shape index (κ2) is 5.92. The lowest BCUT2D eigenvalue weighted by atomic mass is 10.1. The third kappa shape index (κ3) is 3.08. The normalized spacial score (nSPS) is 10.3. The van der Waals surface area contributed by atoms with Crippen molar-refractivity contribution in [1.82, 2.24) is 0 Å². The van der Waals surface area contributed by atoms with E-state index >= 15 is 0 Å². The summed E-state index contributed by atoms with van der Waals surface area (Å²) >= 11 is 6.01. The summed E-state index contributed by atoms with van der Waals surface area (Å²) in [7, 11) is 3.89. The van der Waals surface area contributed by atoms with Crippen LogP contribution >= 0.6 is 11.6 Å². The molecule has 0 radical (unpaired) electrons. The number of hydrogen-bond acceptors (Lipinski definition) is 4. The smallest absolute Gasteiger partial charge is 0.162 e. The van der Waals surface area contributed by atoms with E-state index in [1.54, 1.807) is 12.1 Å². The summed E-state index contributed by atoms with van der Waals surface area (Å²) in [4.78, 5) is 1.97. The number of benzene rings is 2. The van der Waals surface area contributed by atoms with Crippen LogP contribution in [0.1, 0.15) is 5.56 Å². The molecule has 0 atom stereocenters. The van der Waals surface area contributed by atoms with Gasteiger partial charge in [-0.05, 0) is 24.3 Å². The summed E-state index contributed by atoms with van der Waals surface area (Å²) in [5, 5.41) is 23.1. The fourth-order valence-electron chi connectivity index (χ4n) is 1.95. The van der Waals surface area contributed by atoms with Gasteiger partial charge in [-0.15, -0.1) is 0 Å². The molecule has 5 heteroatoms. The van der Waals surface area contributed by atoms with Crippen molar-refractivity contribution in [3.63, 3.8) is 0 Å². The van der Waals surface area contributed by atoms with Crippen LogP contribution < -0.4 is 10.2 Å². The topological polar surface area (TPSA) is 55.7 Å². The number of para-hydroxylation sites is 1. The predicted molar refractivity (Wildman–Crippen MR) is 82.9 cm³/mol. The average Bonchev–Trinajstić information content (AvgIpc) is 2.40. The third-order valence-corrected chi connectivity index (χ3v) is 3.24. The molecule has 2 aromatic rings. The van der Waals surface area contributed by atoms with E-state index in [9.17, 15) is 10.2 Å². The first-order valence-corrected chi connectivity index (χ1v) is 6.57. The Hall–Kier alpha value is -2.07. The van der Waals surface area contributed by atoms with Crippen LogP contribution in [-0.4, -0.2) is 24.3 Å². The highest BCUT2D eigenvalue weighted by atomic mass is 35.5. The standard InChI is InChI=1S/C15H17ClN2O2/c1-18(2)13-7-6-11(16)8-12(13)17-9-10-4-3-5-14(19)15(10)20/h3-8,17,19-20H,9H2,1-2H3.